The molecule has 6 heteroatoms. The van der Waals surface area contributed by atoms with Crippen LogP contribution in [0.5, 0.6) is 0 Å². The lowest BCUT2D eigenvalue weighted by atomic mass is 10.0. The molecule has 0 aliphatic carbocycles. The number of amides is 1. The van der Waals surface area contributed by atoms with E-state index in [1.165, 1.54) is 385 Å². The molecule has 0 aliphatic heterocycles. The van der Waals surface area contributed by atoms with Crippen LogP contribution in [0.3, 0.4) is 0 Å². The van der Waals surface area contributed by atoms with E-state index in [4.69, 9.17) is 4.74 Å². The van der Waals surface area contributed by atoms with Gasteiger partial charge < -0.3 is 20.3 Å². The molecule has 0 bridgehead atoms. The highest BCUT2D eigenvalue weighted by Gasteiger charge is 2.18. The first kappa shape index (κ1) is 88.1. The molecular formula is C84H161NO5. The third-order valence-electron chi connectivity index (χ3n) is 19.4. The van der Waals surface area contributed by atoms with Crippen molar-refractivity contribution >= 4 is 11.9 Å². The van der Waals surface area contributed by atoms with Crippen LogP contribution in [0.1, 0.15) is 463 Å². The van der Waals surface area contributed by atoms with Gasteiger partial charge in [-0.15, -0.1) is 0 Å². The third kappa shape index (κ3) is 75.1. The minimum Gasteiger partial charge on any atom is -0.466 e. The van der Waals surface area contributed by atoms with Crippen molar-refractivity contribution in [3.8, 4) is 0 Å². The van der Waals surface area contributed by atoms with E-state index < -0.39 is 12.1 Å². The summed E-state index contributed by atoms with van der Waals surface area (Å²) in [6, 6.07) is -0.626. The molecule has 2 unspecified atom stereocenters. The maximum Gasteiger partial charge on any atom is 0.305 e. The number of unbranched alkanes of at least 4 members (excludes halogenated alkanes) is 63. The number of carbonyl (C=O) groups excluding carboxylic acids is 2. The highest BCUT2D eigenvalue weighted by atomic mass is 16.5. The fourth-order valence-corrected chi connectivity index (χ4v) is 13.1. The molecule has 0 radical (unpaired) electrons. The van der Waals surface area contributed by atoms with Crippen LogP contribution in [-0.4, -0.2) is 47.4 Å². The molecule has 6 nitrogen and oxygen atoms in total. The van der Waals surface area contributed by atoms with Crippen LogP contribution in [0.15, 0.2) is 36.5 Å². The van der Waals surface area contributed by atoms with Gasteiger partial charge in [0.25, 0.3) is 0 Å². The molecule has 1 amide bonds. The summed E-state index contributed by atoms with van der Waals surface area (Å²) in [5, 5.41) is 23.3. The SMILES string of the molecule is CCCCC/C=C\C/C=C\CCCCCCCCCC(=O)OCCCCCCCCCCCCCCCCCCCCCCCCCCCCCCCCCCCC(=O)NC(CO)C(O)/C=C/CCCCCCCCCCCCCCCCCCCCCCC. The molecule has 532 valence electrons. The van der Waals surface area contributed by atoms with E-state index in [0.717, 1.165) is 51.4 Å². The molecular weight excluding hydrogens is 1100 g/mol. The first-order valence-electron chi connectivity index (χ1n) is 41.3. The Morgan fingerprint density at radius 3 is 0.867 bits per heavy atom. The number of rotatable bonds is 78. The van der Waals surface area contributed by atoms with Gasteiger partial charge in [0.1, 0.15) is 0 Å². The molecule has 0 saturated heterocycles. The molecule has 0 saturated carbocycles. The summed E-state index contributed by atoms with van der Waals surface area (Å²) in [6.45, 7) is 4.93. The normalized spacial score (nSPS) is 12.6. The van der Waals surface area contributed by atoms with E-state index in [1.54, 1.807) is 6.08 Å². The van der Waals surface area contributed by atoms with Crippen LogP contribution in [0, 0.1) is 0 Å². The van der Waals surface area contributed by atoms with E-state index >= 15 is 0 Å². The first-order chi connectivity index (χ1) is 44.5. The maximum atomic E-state index is 12.6. The fraction of sp³-hybridized carbons (Fsp3) is 0.905. The van der Waals surface area contributed by atoms with Crippen molar-refractivity contribution in [2.45, 2.75) is 475 Å². The van der Waals surface area contributed by atoms with E-state index in [1.807, 2.05) is 6.08 Å². The summed E-state index contributed by atoms with van der Waals surface area (Å²) in [5.74, 6) is -0.0436. The number of carbonyl (C=O) groups is 2. The van der Waals surface area contributed by atoms with Crippen molar-refractivity contribution in [3.63, 3.8) is 0 Å². The minimum atomic E-state index is -0.843. The van der Waals surface area contributed by atoms with Crippen molar-refractivity contribution in [1.82, 2.24) is 5.32 Å². The number of hydrogen-bond acceptors (Lipinski definition) is 5. The Morgan fingerprint density at radius 2 is 0.556 bits per heavy atom. The monoisotopic (exact) mass is 1260 g/mol. The number of allylic oxidation sites excluding steroid dienone is 5. The van der Waals surface area contributed by atoms with Crippen molar-refractivity contribution in [1.29, 1.82) is 0 Å². The molecule has 0 aliphatic rings. The largest absolute Gasteiger partial charge is 0.466 e. The zero-order chi connectivity index (χ0) is 64.9. The van der Waals surface area contributed by atoms with E-state index in [9.17, 15) is 19.8 Å². The van der Waals surface area contributed by atoms with Gasteiger partial charge in [0.05, 0.1) is 25.4 Å². The van der Waals surface area contributed by atoms with Crippen molar-refractivity contribution < 1.29 is 24.5 Å². The molecule has 0 aromatic carbocycles. The van der Waals surface area contributed by atoms with E-state index in [0.29, 0.717) is 19.4 Å². The van der Waals surface area contributed by atoms with Gasteiger partial charge in [0, 0.05) is 12.8 Å². The summed E-state index contributed by atoms with van der Waals surface area (Å²) in [6.07, 6.45) is 104. The van der Waals surface area contributed by atoms with Crippen LogP contribution in [-0.2, 0) is 14.3 Å². The Balaban J connectivity index is 3.34. The molecule has 0 aromatic heterocycles. The average Bonchev–Trinajstić information content (AvgIpc) is 3.68. The summed E-state index contributed by atoms with van der Waals surface area (Å²) in [4.78, 5) is 24.7. The minimum absolute atomic E-state index is 0.0145. The van der Waals surface area contributed by atoms with Crippen molar-refractivity contribution in [3.05, 3.63) is 36.5 Å². The average molecular weight is 1270 g/mol. The maximum absolute atomic E-state index is 12.6. The van der Waals surface area contributed by atoms with Gasteiger partial charge in [0.15, 0.2) is 0 Å². The molecule has 0 heterocycles. The topological polar surface area (TPSA) is 95.9 Å². The third-order valence-corrected chi connectivity index (χ3v) is 19.4. The van der Waals surface area contributed by atoms with Gasteiger partial charge in [-0.1, -0.05) is 423 Å². The molecule has 90 heavy (non-hydrogen) atoms. The predicted molar refractivity (Wildman–Crippen MR) is 398 cm³/mol. The summed E-state index contributed by atoms with van der Waals surface area (Å²) >= 11 is 0. The van der Waals surface area contributed by atoms with Crippen molar-refractivity contribution in [2.24, 2.45) is 0 Å². The lowest BCUT2D eigenvalue weighted by molar-refractivity contribution is -0.143. The molecule has 0 spiro atoms. The van der Waals surface area contributed by atoms with Crippen LogP contribution in [0.4, 0.5) is 0 Å². The van der Waals surface area contributed by atoms with Crippen molar-refractivity contribution in [2.75, 3.05) is 13.2 Å². The van der Waals surface area contributed by atoms with Gasteiger partial charge in [-0.05, 0) is 64.2 Å². The quantitative estimate of drug-likeness (QED) is 0.0320. The molecule has 0 fully saturated rings. The summed E-state index contributed by atoms with van der Waals surface area (Å²) < 4.78 is 5.51. The van der Waals surface area contributed by atoms with E-state index in [2.05, 4.69) is 43.5 Å². The predicted octanol–water partition coefficient (Wildman–Crippen LogP) is 27.4. The highest BCUT2D eigenvalue weighted by Crippen LogP contribution is 2.20. The Labute approximate surface area is 564 Å². The lowest BCUT2D eigenvalue weighted by Crippen LogP contribution is -2.45. The van der Waals surface area contributed by atoms with Gasteiger partial charge in [0.2, 0.25) is 5.91 Å². The van der Waals surface area contributed by atoms with Crippen LogP contribution < -0.4 is 5.32 Å². The molecule has 0 aromatic rings. The Kier molecular flexibility index (Phi) is 77.8. The second-order valence-electron chi connectivity index (χ2n) is 28.5. The Morgan fingerprint density at radius 1 is 0.311 bits per heavy atom. The van der Waals surface area contributed by atoms with Crippen LogP contribution in [0.2, 0.25) is 0 Å². The van der Waals surface area contributed by atoms with Crippen LogP contribution >= 0.6 is 0 Å². The smallest absolute Gasteiger partial charge is 0.305 e. The summed E-state index contributed by atoms with van der Waals surface area (Å²) in [7, 11) is 0. The Bertz CT molecular complexity index is 1460. The van der Waals surface area contributed by atoms with Gasteiger partial charge in [-0.2, -0.15) is 0 Å². The van der Waals surface area contributed by atoms with Gasteiger partial charge in [-0.3, -0.25) is 9.59 Å². The fourth-order valence-electron chi connectivity index (χ4n) is 13.1. The zero-order valence-electron chi connectivity index (χ0n) is 61.1. The molecule has 3 N–H and O–H groups in total. The van der Waals surface area contributed by atoms with Crippen LogP contribution in [0.25, 0.3) is 0 Å². The standard InChI is InChI=1S/C84H161NO5/c1-3-5-7-9-11-13-15-17-19-21-22-23-35-38-41-45-48-52-56-60-64-68-72-76-82(87)81(80-86)85-83(88)77-73-69-65-61-57-53-49-46-42-39-36-33-31-29-27-25-24-26-28-30-32-34-37-40-43-47-51-55-59-63-67-71-75-79-90-84(89)78-74-70-66-62-58-54-50-44-20-18-16-14-12-10-8-6-4-2/h12,14,18,20,72,76,81-82,86-87H,3-11,13,15-17,19,21-71,73-75,77-80H2,1-2H3,(H,85,88)/b14-12-,20-18-,76-72+. The summed E-state index contributed by atoms with van der Waals surface area (Å²) in [5.41, 5.74) is 0. The van der Waals surface area contributed by atoms with Gasteiger partial charge >= 0.3 is 5.97 Å². The highest BCUT2D eigenvalue weighted by molar-refractivity contribution is 5.76. The number of ether oxygens (including phenoxy) is 1. The number of hydrogen-bond donors (Lipinski definition) is 3. The second kappa shape index (κ2) is 79.5. The molecule has 0 rings (SSSR count). The number of aliphatic hydroxyl groups excluding tert-OH is 2. The second-order valence-corrected chi connectivity index (χ2v) is 28.5. The number of nitrogens with one attached hydrogen (secondary N) is 1. The molecule has 2 atom stereocenters. The Hall–Kier alpha value is -1.92. The van der Waals surface area contributed by atoms with E-state index in [-0.39, 0.29) is 18.5 Å². The van der Waals surface area contributed by atoms with Gasteiger partial charge in [-0.25, -0.2) is 0 Å². The first-order valence-corrected chi connectivity index (χ1v) is 41.3. The number of aliphatic hydroxyl groups is 2. The lowest BCUT2D eigenvalue weighted by Gasteiger charge is -2.20. The number of esters is 1. The zero-order valence-corrected chi connectivity index (χ0v) is 61.1.